The molecule has 0 bridgehead atoms. The normalized spacial score (nSPS) is 10.6. The zero-order chi connectivity index (χ0) is 23.5. The Morgan fingerprint density at radius 3 is 2.36 bits per heavy atom. The van der Waals surface area contributed by atoms with Gasteiger partial charge in [0.05, 0.1) is 5.02 Å². The Kier molecular flexibility index (Phi) is 6.95. The summed E-state index contributed by atoms with van der Waals surface area (Å²) in [5, 5.41) is 10.3. The standard InChI is InChI=1S/C24H17Cl2N3O2S2/c1-13-5-2-3-8-17(13)22(30)27-15-6-4-7-16(12-15)28-24(32)29-23(31)21-20(26)18-10-9-14(25)11-19(18)33-21/h2-12H,1H3,(H,27,30)(H2,28,29,31,32). The molecule has 0 saturated heterocycles. The molecule has 1 heterocycles. The number of fused-ring (bicyclic) bond motifs is 1. The fourth-order valence-corrected chi connectivity index (χ4v) is 5.11. The van der Waals surface area contributed by atoms with Crippen molar-refractivity contribution in [3.63, 3.8) is 0 Å². The van der Waals surface area contributed by atoms with E-state index in [0.29, 0.717) is 31.9 Å². The molecule has 1 aromatic heterocycles. The molecule has 0 aliphatic rings. The average Bonchev–Trinajstić information content (AvgIpc) is 3.09. The summed E-state index contributed by atoms with van der Waals surface area (Å²) in [6.07, 6.45) is 0. The maximum absolute atomic E-state index is 12.7. The Bertz CT molecular complexity index is 1400. The van der Waals surface area contributed by atoms with Crippen molar-refractivity contribution in [2.45, 2.75) is 6.92 Å². The second-order valence-electron chi connectivity index (χ2n) is 7.14. The monoisotopic (exact) mass is 513 g/mol. The average molecular weight is 514 g/mol. The van der Waals surface area contributed by atoms with Crippen molar-refractivity contribution in [3.05, 3.63) is 92.8 Å². The van der Waals surface area contributed by atoms with Crippen LogP contribution in [0.4, 0.5) is 11.4 Å². The molecule has 3 N–H and O–H groups in total. The number of aryl methyl sites for hydroxylation is 1. The quantitative estimate of drug-likeness (QED) is 0.259. The summed E-state index contributed by atoms with van der Waals surface area (Å²) in [6, 6.07) is 19.7. The zero-order valence-electron chi connectivity index (χ0n) is 17.2. The van der Waals surface area contributed by atoms with E-state index in [-0.39, 0.29) is 11.0 Å². The number of carbonyl (C=O) groups excluding carboxylic acids is 2. The number of nitrogens with one attached hydrogen (secondary N) is 3. The number of hydrogen-bond donors (Lipinski definition) is 3. The van der Waals surface area contributed by atoms with Crippen LogP contribution in [0.15, 0.2) is 66.7 Å². The summed E-state index contributed by atoms with van der Waals surface area (Å²) in [5.74, 6) is -0.625. The second-order valence-corrected chi connectivity index (χ2v) is 9.42. The van der Waals surface area contributed by atoms with Gasteiger partial charge in [-0.25, -0.2) is 0 Å². The first-order valence-electron chi connectivity index (χ1n) is 9.79. The molecule has 33 heavy (non-hydrogen) atoms. The predicted molar refractivity (Wildman–Crippen MR) is 141 cm³/mol. The lowest BCUT2D eigenvalue weighted by molar-refractivity contribution is 0.0980. The van der Waals surface area contributed by atoms with E-state index in [4.69, 9.17) is 35.4 Å². The van der Waals surface area contributed by atoms with Gasteiger partial charge in [0.1, 0.15) is 4.88 Å². The van der Waals surface area contributed by atoms with Crippen LogP contribution in [-0.4, -0.2) is 16.9 Å². The van der Waals surface area contributed by atoms with E-state index in [2.05, 4.69) is 16.0 Å². The molecule has 166 valence electrons. The van der Waals surface area contributed by atoms with Gasteiger partial charge in [0, 0.05) is 32.0 Å². The lowest BCUT2D eigenvalue weighted by atomic mass is 10.1. The van der Waals surface area contributed by atoms with Gasteiger partial charge in [-0.3, -0.25) is 14.9 Å². The highest BCUT2D eigenvalue weighted by Crippen LogP contribution is 2.36. The van der Waals surface area contributed by atoms with Crippen molar-refractivity contribution >= 4 is 85.1 Å². The van der Waals surface area contributed by atoms with Crippen LogP contribution >= 0.6 is 46.8 Å². The molecule has 2 amide bonds. The third kappa shape index (κ3) is 5.34. The van der Waals surface area contributed by atoms with Gasteiger partial charge >= 0.3 is 0 Å². The fourth-order valence-electron chi connectivity index (χ4n) is 3.21. The van der Waals surface area contributed by atoms with E-state index in [1.165, 1.54) is 11.3 Å². The molecule has 9 heteroatoms. The number of anilines is 2. The van der Waals surface area contributed by atoms with Gasteiger partial charge in [0.15, 0.2) is 5.11 Å². The number of hydrogen-bond acceptors (Lipinski definition) is 4. The summed E-state index contributed by atoms with van der Waals surface area (Å²) in [4.78, 5) is 25.6. The van der Waals surface area contributed by atoms with Crippen LogP contribution in [0.2, 0.25) is 10.0 Å². The molecule has 4 aromatic rings. The van der Waals surface area contributed by atoms with E-state index in [1.54, 1.807) is 48.5 Å². The van der Waals surface area contributed by atoms with Crippen molar-refractivity contribution in [2.24, 2.45) is 0 Å². The van der Waals surface area contributed by atoms with Crippen LogP contribution in [0.3, 0.4) is 0 Å². The molecule has 0 radical (unpaired) electrons. The summed E-state index contributed by atoms with van der Waals surface area (Å²) in [7, 11) is 0. The Balaban J connectivity index is 1.43. The topological polar surface area (TPSA) is 70.2 Å². The summed E-state index contributed by atoms with van der Waals surface area (Å²) >= 11 is 18.9. The molecule has 0 aliphatic heterocycles. The van der Waals surface area contributed by atoms with Gasteiger partial charge in [-0.05, 0) is 61.1 Å². The molecule has 3 aromatic carbocycles. The lowest BCUT2D eigenvalue weighted by Crippen LogP contribution is -2.33. The minimum atomic E-state index is -0.418. The second kappa shape index (κ2) is 9.89. The molecule has 0 unspecified atom stereocenters. The highest BCUT2D eigenvalue weighted by atomic mass is 35.5. The van der Waals surface area contributed by atoms with Crippen LogP contribution in [0, 0.1) is 6.92 Å². The first-order chi connectivity index (χ1) is 15.8. The third-order valence-electron chi connectivity index (χ3n) is 4.79. The first kappa shape index (κ1) is 23.2. The van der Waals surface area contributed by atoms with Crippen LogP contribution in [0.1, 0.15) is 25.6 Å². The van der Waals surface area contributed by atoms with E-state index in [1.807, 2.05) is 25.1 Å². The molecular formula is C24H17Cl2N3O2S2. The number of thiocarbonyl (C=S) groups is 1. The molecule has 5 nitrogen and oxygen atoms in total. The van der Waals surface area contributed by atoms with E-state index < -0.39 is 5.91 Å². The van der Waals surface area contributed by atoms with Gasteiger partial charge in [0.25, 0.3) is 11.8 Å². The van der Waals surface area contributed by atoms with E-state index in [0.717, 1.165) is 15.6 Å². The predicted octanol–water partition coefficient (Wildman–Crippen LogP) is 6.90. The smallest absolute Gasteiger partial charge is 0.269 e. The summed E-state index contributed by atoms with van der Waals surface area (Å²) < 4.78 is 0.814. The van der Waals surface area contributed by atoms with Gasteiger partial charge in [-0.2, -0.15) is 0 Å². The third-order valence-corrected chi connectivity index (χ3v) is 6.89. The molecule has 0 fully saturated rings. The van der Waals surface area contributed by atoms with Crippen LogP contribution in [-0.2, 0) is 0 Å². The number of rotatable bonds is 4. The van der Waals surface area contributed by atoms with Crippen molar-refractivity contribution in [3.8, 4) is 0 Å². The molecule has 0 saturated carbocycles. The Morgan fingerprint density at radius 1 is 0.879 bits per heavy atom. The maximum Gasteiger partial charge on any atom is 0.269 e. The van der Waals surface area contributed by atoms with Crippen LogP contribution in [0.5, 0.6) is 0 Å². The summed E-state index contributed by atoms with van der Waals surface area (Å²) in [5.41, 5.74) is 2.68. The largest absolute Gasteiger partial charge is 0.332 e. The number of thiophene rings is 1. The SMILES string of the molecule is Cc1ccccc1C(=O)Nc1cccc(NC(=S)NC(=O)c2sc3cc(Cl)ccc3c2Cl)c1. The van der Waals surface area contributed by atoms with Crippen molar-refractivity contribution < 1.29 is 9.59 Å². The highest BCUT2D eigenvalue weighted by Gasteiger charge is 2.18. The van der Waals surface area contributed by atoms with Crippen molar-refractivity contribution in [2.75, 3.05) is 10.6 Å². The highest BCUT2D eigenvalue weighted by molar-refractivity contribution is 7.80. The number of halogens is 2. The number of benzene rings is 3. The molecule has 4 rings (SSSR count). The van der Waals surface area contributed by atoms with E-state index in [9.17, 15) is 9.59 Å². The molecule has 0 atom stereocenters. The number of carbonyl (C=O) groups is 2. The molecule has 0 spiro atoms. The van der Waals surface area contributed by atoms with Gasteiger partial charge < -0.3 is 10.6 Å². The first-order valence-corrected chi connectivity index (χ1v) is 11.8. The Labute approximate surface area is 209 Å². The van der Waals surface area contributed by atoms with E-state index >= 15 is 0 Å². The Hall–Kier alpha value is -2.97. The Morgan fingerprint density at radius 2 is 1.61 bits per heavy atom. The van der Waals surface area contributed by atoms with Crippen molar-refractivity contribution in [1.29, 1.82) is 0 Å². The fraction of sp³-hybridized carbons (Fsp3) is 0.0417. The minimum absolute atomic E-state index is 0.105. The van der Waals surface area contributed by atoms with Gasteiger partial charge in [-0.1, -0.05) is 53.5 Å². The van der Waals surface area contributed by atoms with Crippen LogP contribution < -0.4 is 16.0 Å². The zero-order valence-corrected chi connectivity index (χ0v) is 20.4. The molecular weight excluding hydrogens is 497 g/mol. The number of amides is 2. The minimum Gasteiger partial charge on any atom is -0.332 e. The molecule has 0 aliphatic carbocycles. The summed E-state index contributed by atoms with van der Waals surface area (Å²) in [6.45, 7) is 1.88. The van der Waals surface area contributed by atoms with Crippen molar-refractivity contribution in [1.82, 2.24) is 5.32 Å². The van der Waals surface area contributed by atoms with Crippen LogP contribution in [0.25, 0.3) is 10.1 Å². The maximum atomic E-state index is 12.7. The van der Waals surface area contributed by atoms with Gasteiger partial charge in [-0.15, -0.1) is 11.3 Å². The lowest BCUT2D eigenvalue weighted by Gasteiger charge is -2.12. The van der Waals surface area contributed by atoms with Gasteiger partial charge in [0.2, 0.25) is 0 Å².